The van der Waals surface area contributed by atoms with Gasteiger partial charge in [-0.1, -0.05) is 48.9 Å². The van der Waals surface area contributed by atoms with Crippen LogP contribution in [0.4, 0.5) is 0 Å². The molecule has 0 radical (unpaired) electrons. The first kappa shape index (κ1) is 17.8. The molecule has 0 fully saturated rings. The number of carbonyl (C=O) groups is 2. The third kappa shape index (κ3) is 4.26. The zero-order valence-electron chi connectivity index (χ0n) is 13.5. The van der Waals surface area contributed by atoms with Crippen molar-refractivity contribution in [3.8, 4) is 5.75 Å². The molecule has 2 rings (SSSR count). The Hall–Kier alpha value is -2.53. The molecule has 0 aromatic heterocycles. The second-order valence-corrected chi connectivity index (χ2v) is 5.60. The predicted molar refractivity (Wildman–Crippen MR) is 93.1 cm³/mol. The van der Waals surface area contributed by atoms with E-state index in [1.165, 1.54) is 13.2 Å². The highest BCUT2D eigenvalue weighted by Gasteiger charge is 2.20. The first-order chi connectivity index (χ1) is 11.6. The summed E-state index contributed by atoms with van der Waals surface area (Å²) >= 11 is 5.91. The van der Waals surface area contributed by atoms with Crippen LogP contribution in [-0.4, -0.2) is 18.9 Å². The second kappa shape index (κ2) is 8.36. The van der Waals surface area contributed by atoms with Gasteiger partial charge in [0.05, 0.1) is 18.6 Å². The van der Waals surface area contributed by atoms with Crippen molar-refractivity contribution in [1.29, 1.82) is 0 Å². The molecule has 126 valence electrons. The van der Waals surface area contributed by atoms with Crippen LogP contribution in [0.1, 0.15) is 35.2 Å². The van der Waals surface area contributed by atoms with Gasteiger partial charge in [0.2, 0.25) is 5.91 Å². The molecule has 2 aromatic rings. The summed E-state index contributed by atoms with van der Waals surface area (Å²) in [4.78, 5) is 24.6. The van der Waals surface area contributed by atoms with Crippen LogP contribution < -0.4 is 15.6 Å². The molecule has 1 atom stereocenters. The maximum atomic E-state index is 12.3. The van der Waals surface area contributed by atoms with E-state index in [2.05, 4.69) is 10.9 Å². The topological polar surface area (TPSA) is 67.4 Å². The third-order valence-electron chi connectivity index (χ3n) is 3.63. The minimum atomic E-state index is -0.495. The SMILES string of the molecule is CCC(C(=O)NNC(=O)c1cc(Cl)ccc1OC)c1ccccc1. The molecule has 1 unspecified atom stereocenters. The zero-order valence-corrected chi connectivity index (χ0v) is 14.3. The minimum absolute atomic E-state index is 0.248. The molecular weight excluding hydrogens is 328 g/mol. The fraction of sp³-hybridized carbons (Fsp3) is 0.222. The fourth-order valence-electron chi connectivity index (χ4n) is 2.39. The van der Waals surface area contributed by atoms with Crippen molar-refractivity contribution in [3.05, 3.63) is 64.7 Å². The van der Waals surface area contributed by atoms with E-state index in [9.17, 15) is 9.59 Å². The van der Waals surface area contributed by atoms with Gasteiger partial charge in [0, 0.05) is 5.02 Å². The van der Waals surface area contributed by atoms with E-state index in [1.807, 2.05) is 37.3 Å². The van der Waals surface area contributed by atoms with Gasteiger partial charge in [-0.3, -0.25) is 20.4 Å². The Morgan fingerprint density at radius 1 is 1.12 bits per heavy atom. The van der Waals surface area contributed by atoms with Crippen LogP contribution >= 0.6 is 11.6 Å². The molecular formula is C18H19ClN2O3. The van der Waals surface area contributed by atoms with Crippen molar-refractivity contribution in [2.45, 2.75) is 19.3 Å². The molecule has 0 spiro atoms. The van der Waals surface area contributed by atoms with Crippen molar-refractivity contribution in [3.63, 3.8) is 0 Å². The lowest BCUT2D eigenvalue weighted by molar-refractivity contribution is -0.123. The molecule has 0 aliphatic rings. The van der Waals surface area contributed by atoms with E-state index in [1.54, 1.807) is 12.1 Å². The Labute approximate surface area is 145 Å². The van der Waals surface area contributed by atoms with Crippen molar-refractivity contribution in [1.82, 2.24) is 10.9 Å². The van der Waals surface area contributed by atoms with Crippen molar-refractivity contribution >= 4 is 23.4 Å². The number of benzene rings is 2. The largest absolute Gasteiger partial charge is 0.496 e. The van der Waals surface area contributed by atoms with Crippen LogP contribution in [0.25, 0.3) is 0 Å². The first-order valence-corrected chi connectivity index (χ1v) is 7.93. The average Bonchev–Trinajstić information content (AvgIpc) is 2.61. The Balaban J connectivity index is 2.06. The number of hydrogen-bond acceptors (Lipinski definition) is 3. The lowest BCUT2D eigenvalue weighted by Crippen LogP contribution is -2.44. The molecule has 0 saturated heterocycles. The predicted octanol–water partition coefficient (Wildman–Crippen LogP) is 3.30. The van der Waals surface area contributed by atoms with Gasteiger partial charge in [-0.2, -0.15) is 0 Å². The Kier molecular flexibility index (Phi) is 6.21. The molecule has 0 bridgehead atoms. The summed E-state index contributed by atoms with van der Waals surface area (Å²) in [7, 11) is 1.46. The molecule has 2 N–H and O–H groups in total. The van der Waals surface area contributed by atoms with Crippen LogP contribution in [0, 0.1) is 0 Å². The van der Waals surface area contributed by atoms with Crippen LogP contribution in [0.5, 0.6) is 5.75 Å². The monoisotopic (exact) mass is 346 g/mol. The van der Waals surface area contributed by atoms with E-state index in [0.29, 0.717) is 17.2 Å². The molecule has 0 aliphatic heterocycles. The molecule has 0 aliphatic carbocycles. The smallest absolute Gasteiger partial charge is 0.273 e. The van der Waals surface area contributed by atoms with Gasteiger partial charge in [-0.25, -0.2) is 0 Å². The minimum Gasteiger partial charge on any atom is -0.496 e. The quantitative estimate of drug-likeness (QED) is 0.816. The molecule has 5 nitrogen and oxygen atoms in total. The number of nitrogens with one attached hydrogen (secondary N) is 2. The summed E-state index contributed by atoms with van der Waals surface area (Å²) in [6, 6.07) is 14.1. The van der Waals surface area contributed by atoms with Crippen LogP contribution in [0.15, 0.2) is 48.5 Å². The maximum absolute atomic E-state index is 12.3. The number of halogens is 1. The average molecular weight is 347 g/mol. The van der Waals surface area contributed by atoms with Crippen LogP contribution in [-0.2, 0) is 4.79 Å². The summed E-state index contributed by atoms with van der Waals surface area (Å²) in [6.45, 7) is 1.92. The summed E-state index contributed by atoms with van der Waals surface area (Å²) in [5, 5.41) is 0.406. The Bertz CT molecular complexity index is 719. The lowest BCUT2D eigenvalue weighted by Gasteiger charge is -2.16. The van der Waals surface area contributed by atoms with Gasteiger partial charge in [0.25, 0.3) is 5.91 Å². The van der Waals surface area contributed by atoms with E-state index in [0.717, 1.165) is 5.56 Å². The highest BCUT2D eigenvalue weighted by Crippen LogP contribution is 2.22. The zero-order chi connectivity index (χ0) is 17.5. The van der Waals surface area contributed by atoms with E-state index in [-0.39, 0.29) is 17.4 Å². The number of rotatable bonds is 5. The Morgan fingerprint density at radius 2 is 1.83 bits per heavy atom. The third-order valence-corrected chi connectivity index (χ3v) is 3.87. The second-order valence-electron chi connectivity index (χ2n) is 5.16. The van der Waals surface area contributed by atoms with Crippen molar-refractivity contribution in [2.24, 2.45) is 0 Å². The summed E-state index contributed by atoms with van der Waals surface area (Å²) in [5.74, 6) is -0.738. The van der Waals surface area contributed by atoms with E-state index < -0.39 is 5.91 Å². The van der Waals surface area contributed by atoms with Gasteiger partial charge in [0.1, 0.15) is 5.75 Å². The summed E-state index contributed by atoms with van der Waals surface area (Å²) < 4.78 is 5.13. The van der Waals surface area contributed by atoms with E-state index >= 15 is 0 Å². The van der Waals surface area contributed by atoms with Crippen molar-refractivity contribution in [2.75, 3.05) is 7.11 Å². The summed E-state index contributed by atoms with van der Waals surface area (Å²) in [5.41, 5.74) is 6.02. The van der Waals surface area contributed by atoms with Crippen LogP contribution in [0.2, 0.25) is 5.02 Å². The number of methoxy groups -OCH3 is 1. The standard InChI is InChI=1S/C18H19ClN2O3/c1-3-14(12-7-5-4-6-8-12)17(22)20-21-18(23)15-11-13(19)9-10-16(15)24-2/h4-11,14H,3H2,1-2H3,(H,20,22)(H,21,23). The molecule has 2 aromatic carbocycles. The molecule has 2 amide bonds. The fourth-order valence-corrected chi connectivity index (χ4v) is 2.56. The van der Waals surface area contributed by atoms with Gasteiger partial charge in [0.15, 0.2) is 0 Å². The molecule has 0 heterocycles. The van der Waals surface area contributed by atoms with Gasteiger partial charge in [-0.15, -0.1) is 0 Å². The van der Waals surface area contributed by atoms with Gasteiger partial charge in [-0.05, 0) is 30.2 Å². The summed E-state index contributed by atoms with van der Waals surface area (Å²) in [6.07, 6.45) is 0.617. The number of hydrogen-bond donors (Lipinski definition) is 2. The number of amides is 2. The van der Waals surface area contributed by atoms with Gasteiger partial charge >= 0.3 is 0 Å². The van der Waals surface area contributed by atoms with Crippen LogP contribution in [0.3, 0.4) is 0 Å². The molecule has 0 saturated carbocycles. The Morgan fingerprint density at radius 3 is 2.46 bits per heavy atom. The first-order valence-electron chi connectivity index (χ1n) is 7.55. The highest BCUT2D eigenvalue weighted by atomic mass is 35.5. The number of ether oxygens (including phenoxy) is 1. The lowest BCUT2D eigenvalue weighted by atomic mass is 9.96. The van der Waals surface area contributed by atoms with E-state index in [4.69, 9.17) is 16.3 Å². The number of hydrazine groups is 1. The number of carbonyl (C=O) groups excluding carboxylic acids is 2. The molecule has 6 heteroatoms. The van der Waals surface area contributed by atoms with Crippen molar-refractivity contribution < 1.29 is 14.3 Å². The van der Waals surface area contributed by atoms with Gasteiger partial charge < -0.3 is 4.74 Å². The normalized spacial score (nSPS) is 11.5. The molecule has 24 heavy (non-hydrogen) atoms. The maximum Gasteiger partial charge on any atom is 0.273 e. The highest BCUT2D eigenvalue weighted by molar-refractivity contribution is 6.31.